The first-order chi connectivity index (χ1) is 15.0. The first-order valence-corrected chi connectivity index (χ1v) is 11.1. The van der Waals surface area contributed by atoms with Crippen LogP contribution in [0.2, 0.25) is 0 Å². The second kappa shape index (κ2) is 9.41. The number of ether oxygens (including phenoxy) is 1. The van der Waals surface area contributed by atoms with Gasteiger partial charge in [0.05, 0.1) is 11.7 Å². The van der Waals surface area contributed by atoms with Crippen LogP contribution in [0.3, 0.4) is 0 Å². The summed E-state index contributed by atoms with van der Waals surface area (Å²) in [7, 11) is 0. The quantitative estimate of drug-likeness (QED) is 0.722. The minimum Gasteiger partial charge on any atom is -0.446 e. The van der Waals surface area contributed by atoms with Crippen molar-refractivity contribution in [1.82, 2.24) is 9.88 Å². The van der Waals surface area contributed by atoms with Gasteiger partial charge in [-0.3, -0.25) is 9.78 Å². The normalized spacial score (nSPS) is 20.5. The predicted molar refractivity (Wildman–Crippen MR) is 116 cm³/mol. The number of rotatable bonds is 5. The van der Waals surface area contributed by atoms with Crippen molar-refractivity contribution < 1.29 is 19.4 Å². The third-order valence-corrected chi connectivity index (χ3v) is 6.83. The van der Waals surface area contributed by atoms with Gasteiger partial charge in [-0.15, -0.1) is 11.3 Å². The number of carbonyl (C=O) groups is 2. The number of amides is 1. The summed E-state index contributed by atoms with van der Waals surface area (Å²) in [6.07, 6.45) is 8.07. The molecule has 31 heavy (non-hydrogen) atoms. The number of nitrogens with zero attached hydrogens (tertiary/aromatic N) is 3. The van der Waals surface area contributed by atoms with Crippen molar-refractivity contribution in [3.05, 3.63) is 57.0 Å². The standard InChI is InChI=1S/C23H23N3O4S/c24-12-20-19-6-5-18(30-23(29)26-9-7-17(28)14-26)11-22(19)31-21(20)10-16(27)4-3-15-2-1-8-25-13-15/h1-4,8,13,17-18,28H,5-7,9-11,14H2/b4-3+/t17-,18?/m0/s1. The van der Waals surface area contributed by atoms with E-state index in [0.29, 0.717) is 44.3 Å². The highest BCUT2D eigenvalue weighted by Crippen LogP contribution is 2.35. The smallest absolute Gasteiger partial charge is 0.410 e. The molecule has 1 amide bonds. The number of hydrogen-bond donors (Lipinski definition) is 1. The van der Waals surface area contributed by atoms with Crippen LogP contribution >= 0.6 is 11.3 Å². The van der Waals surface area contributed by atoms with E-state index in [0.717, 1.165) is 20.9 Å². The molecular formula is C23H23N3O4S. The molecule has 0 saturated carbocycles. The lowest BCUT2D eigenvalue weighted by atomic mass is 9.92. The lowest BCUT2D eigenvalue weighted by Gasteiger charge is -2.25. The minimum atomic E-state index is -0.478. The fourth-order valence-electron chi connectivity index (χ4n) is 3.97. The largest absolute Gasteiger partial charge is 0.446 e. The molecule has 0 bridgehead atoms. The molecule has 2 aromatic rings. The molecule has 1 N–H and O–H groups in total. The Morgan fingerprint density at radius 3 is 3.00 bits per heavy atom. The van der Waals surface area contributed by atoms with E-state index in [9.17, 15) is 20.0 Å². The van der Waals surface area contributed by atoms with E-state index < -0.39 is 12.2 Å². The van der Waals surface area contributed by atoms with Crippen molar-refractivity contribution in [2.24, 2.45) is 0 Å². The zero-order chi connectivity index (χ0) is 21.8. The summed E-state index contributed by atoms with van der Waals surface area (Å²) in [5.74, 6) is -0.0745. The Morgan fingerprint density at radius 1 is 1.42 bits per heavy atom. The molecule has 0 aromatic carbocycles. The second-order valence-electron chi connectivity index (χ2n) is 7.81. The third-order valence-electron chi connectivity index (χ3n) is 5.57. The molecule has 1 fully saturated rings. The SMILES string of the molecule is N#Cc1c(CC(=O)/C=C/c2cccnc2)sc2c1CCC(OC(=O)N1CC[C@H](O)C1)C2. The molecule has 8 heteroatoms. The maximum atomic E-state index is 12.4. The summed E-state index contributed by atoms with van der Waals surface area (Å²) in [4.78, 5) is 32.1. The van der Waals surface area contributed by atoms with Crippen LogP contribution in [0.4, 0.5) is 4.79 Å². The molecule has 0 radical (unpaired) electrons. The van der Waals surface area contributed by atoms with Gasteiger partial charge in [-0.25, -0.2) is 4.79 Å². The van der Waals surface area contributed by atoms with E-state index in [1.807, 2.05) is 6.07 Å². The van der Waals surface area contributed by atoms with E-state index in [-0.39, 0.29) is 18.3 Å². The molecule has 1 unspecified atom stereocenters. The average Bonchev–Trinajstić information content (AvgIpc) is 3.35. The van der Waals surface area contributed by atoms with Crippen LogP contribution in [0.15, 0.2) is 30.6 Å². The van der Waals surface area contributed by atoms with Crippen molar-refractivity contribution in [2.75, 3.05) is 13.1 Å². The highest BCUT2D eigenvalue weighted by atomic mass is 32.1. The average molecular weight is 438 g/mol. The molecule has 1 aliphatic carbocycles. The van der Waals surface area contributed by atoms with Gasteiger partial charge in [0.1, 0.15) is 12.2 Å². The lowest BCUT2D eigenvalue weighted by molar-refractivity contribution is -0.113. The Hall–Kier alpha value is -3.02. The molecule has 4 rings (SSSR count). The van der Waals surface area contributed by atoms with Crippen LogP contribution in [0.1, 0.15) is 39.3 Å². The zero-order valence-electron chi connectivity index (χ0n) is 17.0. The molecular weight excluding hydrogens is 414 g/mol. The van der Waals surface area contributed by atoms with Crippen molar-refractivity contribution in [1.29, 1.82) is 5.26 Å². The fourth-order valence-corrected chi connectivity index (χ4v) is 5.35. The van der Waals surface area contributed by atoms with Crippen LogP contribution < -0.4 is 0 Å². The number of β-amino-alcohol motifs (C(OH)–C–C–N with tert-alkyl or cyclic N) is 1. The minimum absolute atomic E-state index is 0.0745. The van der Waals surface area contributed by atoms with Gasteiger partial charge in [-0.1, -0.05) is 6.07 Å². The molecule has 7 nitrogen and oxygen atoms in total. The van der Waals surface area contributed by atoms with Crippen molar-refractivity contribution in [3.63, 3.8) is 0 Å². The molecule has 160 valence electrons. The van der Waals surface area contributed by atoms with Gasteiger partial charge in [0.15, 0.2) is 5.78 Å². The van der Waals surface area contributed by atoms with Gasteiger partial charge >= 0.3 is 6.09 Å². The van der Waals surface area contributed by atoms with Gasteiger partial charge in [-0.05, 0) is 48.6 Å². The molecule has 2 atom stereocenters. The summed E-state index contributed by atoms with van der Waals surface area (Å²) in [5, 5.41) is 19.3. The Balaban J connectivity index is 1.41. The highest BCUT2D eigenvalue weighted by Gasteiger charge is 2.31. The van der Waals surface area contributed by atoms with Crippen molar-refractivity contribution in [3.8, 4) is 6.07 Å². The molecule has 0 spiro atoms. The number of fused-ring (bicyclic) bond motifs is 1. The molecule has 2 aromatic heterocycles. The summed E-state index contributed by atoms with van der Waals surface area (Å²) in [5.41, 5.74) is 2.42. The van der Waals surface area contributed by atoms with E-state index in [2.05, 4.69) is 11.1 Å². The van der Waals surface area contributed by atoms with E-state index in [4.69, 9.17) is 4.74 Å². The third kappa shape index (κ3) is 5.01. The first-order valence-electron chi connectivity index (χ1n) is 10.3. The topological polar surface area (TPSA) is 104 Å². The van der Waals surface area contributed by atoms with Crippen molar-refractivity contribution in [2.45, 2.75) is 44.3 Å². The van der Waals surface area contributed by atoms with Crippen LogP contribution in [-0.2, 0) is 28.8 Å². The van der Waals surface area contributed by atoms with Gasteiger partial charge in [0, 0.05) is 48.1 Å². The number of aromatic nitrogens is 1. The van der Waals surface area contributed by atoms with Gasteiger partial charge in [0.25, 0.3) is 0 Å². The summed E-state index contributed by atoms with van der Waals surface area (Å²) >= 11 is 1.47. The van der Waals surface area contributed by atoms with Crippen LogP contribution in [0, 0.1) is 11.3 Å². The second-order valence-corrected chi connectivity index (χ2v) is 9.00. The summed E-state index contributed by atoms with van der Waals surface area (Å²) in [6.45, 7) is 0.821. The Bertz CT molecular complexity index is 1040. The number of likely N-dealkylation sites (tertiary alicyclic amines) is 1. The van der Waals surface area contributed by atoms with E-state index >= 15 is 0 Å². The van der Waals surface area contributed by atoms with Gasteiger partial charge in [0.2, 0.25) is 0 Å². The van der Waals surface area contributed by atoms with Crippen LogP contribution in [0.25, 0.3) is 6.08 Å². The van der Waals surface area contributed by atoms with Gasteiger partial charge < -0.3 is 14.7 Å². The maximum Gasteiger partial charge on any atom is 0.410 e. The lowest BCUT2D eigenvalue weighted by Crippen LogP contribution is -2.35. The summed E-state index contributed by atoms with van der Waals surface area (Å²) < 4.78 is 5.65. The zero-order valence-corrected chi connectivity index (χ0v) is 17.8. The Morgan fingerprint density at radius 2 is 2.29 bits per heavy atom. The molecule has 1 aliphatic heterocycles. The van der Waals surface area contributed by atoms with E-state index in [1.165, 1.54) is 22.3 Å². The Labute approximate surface area is 184 Å². The molecule has 1 saturated heterocycles. The number of carbonyl (C=O) groups excluding carboxylic acids is 2. The maximum absolute atomic E-state index is 12.4. The summed E-state index contributed by atoms with van der Waals surface area (Å²) in [6, 6.07) is 5.94. The molecule has 3 heterocycles. The monoisotopic (exact) mass is 437 g/mol. The number of aliphatic hydroxyl groups is 1. The number of pyridine rings is 1. The van der Waals surface area contributed by atoms with Crippen LogP contribution in [0.5, 0.6) is 0 Å². The predicted octanol–water partition coefficient (Wildman–Crippen LogP) is 2.90. The van der Waals surface area contributed by atoms with Gasteiger partial charge in [-0.2, -0.15) is 5.26 Å². The van der Waals surface area contributed by atoms with Crippen LogP contribution in [-0.4, -0.2) is 52.2 Å². The van der Waals surface area contributed by atoms with E-state index in [1.54, 1.807) is 24.5 Å². The number of hydrogen-bond acceptors (Lipinski definition) is 7. The number of ketones is 1. The fraction of sp³-hybridized carbons (Fsp3) is 0.391. The number of thiophene rings is 1. The molecule has 2 aliphatic rings. The van der Waals surface area contributed by atoms with Crippen molar-refractivity contribution >= 4 is 29.3 Å². The Kier molecular flexibility index (Phi) is 6.44. The number of allylic oxidation sites excluding steroid dienone is 1. The number of aliphatic hydroxyl groups excluding tert-OH is 1. The highest BCUT2D eigenvalue weighted by molar-refractivity contribution is 7.12. The first kappa shape index (κ1) is 21.2. The number of nitriles is 1.